The Morgan fingerprint density at radius 1 is 1.05 bits per heavy atom. The van der Waals surface area contributed by atoms with Crippen LogP contribution < -0.4 is 10.1 Å². The van der Waals surface area contributed by atoms with Crippen molar-refractivity contribution in [2.75, 3.05) is 7.11 Å². The van der Waals surface area contributed by atoms with Crippen LogP contribution in [0.15, 0.2) is 24.3 Å². The number of nitrogens with one attached hydrogen (secondary N) is 1. The maximum absolute atomic E-state index is 5.23. The molecular weight excluding hydrogens is 258 g/mol. The summed E-state index contributed by atoms with van der Waals surface area (Å²) in [6.07, 6.45) is 9.63. The molecule has 2 aliphatic carbocycles. The van der Waals surface area contributed by atoms with Crippen molar-refractivity contribution >= 4 is 0 Å². The summed E-state index contributed by atoms with van der Waals surface area (Å²) >= 11 is 0. The van der Waals surface area contributed by atoms with Crippen molar-refractivity contribution in [3.63, 3.8) is 0 Å². The average molecular weight is 287 g/mol. The standard InChI is InChI=1S/C19H29NO/c1-3-14-5-4-6-17(11-14)20-18-12-16(13-18)15-7-9-19(21-2)10-8-15/h7-10,14,16-18,20H,3-6,11-13H2,1-2H3. The molecule has 1 aromatic carbocycles. The summed E-state index contributed by atoms with van der Waals surface area (Å²) < 4.78 is 5.23. The largest absolute Gasteiger partial charge is 0.497 e. The van der Waals surface area contributed by atoms with E-state index in [0.29, 0.717) is 0 Å². The molecule has 2 fully saturated rings. The Bertz CT molecular complexity index is 435. The summed E-state index contributed by atoms with van der Waals surface area (Å²) in [5, 5.41) is 3.92. The molecule has 2 nitrogen and oxygen atoms in total. The van der Waals surface area contributed by atoms with Crippen molar-refractivity contribution in [1.82, 2.24) is 5.32 Å². The van der Waals surface area contributed by atoms with Gasteiger partial charge in [-0.25, -0.2) is 0 Å². The number of hydrogen-bond donors (Lipinski definition) is 1. The predicted octanol–water partition coefficient (Wildman–Crippen LogP) is 4.50. The zero-order valence-corrected chi connectivity index (χ0v) is 13.5. The Labute approximate surface area is 129 Å². The summed E-state index contributed by atoms with van der Waals surface area (Å²) in [5.74, 6) is 2.67. The molecule has 1 N–H and O–H groups in total. The molecule has 2 heteroatoms. The molecule has 2 atom stereocenters. The SMILES string of the molecule is CCC1CCCC(NC2CC(c3ccc(OC)cc3)C2)C1. The molecule has 0 spiro atoms. The van der Waals surface area contributed by atoms with Gasteiger partial charge >= 0.3 is 0 Å². The Morgan fingerprint density at radius 3 is 2.48 bits per heavy atom. The van der Waals surface area contributed by atoms with Crippen LogP contribution in [0, 0.1) is 5.92 Å². The number of ether oxygens (including phenoxy) is 1. The Hall–Kier alpha value is -1.02. The maximum Gasteiger partial charge on any atom is 0.118 e. The van der Waals surface area contributed by atoms with Gasteiger partial charge in [-0.15, -0.1) is 0 Å². The van der Waals surface area contributed by atoms with E-state index in [1.54, 1.807) is 7.11 Å². The number of benzene rings is 1. The van der Waals surface area contributed by atoms with Gasteiger partial charge in [-0.2, -0.15) is 0 Å². The fourth-order valence-corrected chi connectivity index (χ4v) is 4.05. The van der Waals surface area contributed by atoms with Crippen LogP contribution in [0.25, 0.3) is 0 Å². The molecular formula is C19H29NO. The molecule has 0 aromatic heterocycles. The van der Waals surface area contributed by atoms with E-state index in [2.05, 4.69) is 36.5 Å². The Morgan fingerprint density at radius 2 is 1.81 bits per heavy atom. The zero-order valence-electron chi connectivity index (χ0n) is 13.5. The van der Waals surface area contributed by atoms with Gasteiger partial charge in [0, 0.05) is 12.1 Å². The van der Waals surface area contributed by atoms with Crippen molar-refractivity contribution in [3.05, 3.63) is 29.8 Å². The first-order valence-corrected chi connectivity index (χ1v) is 8.68. The molecule has 21 heavy (non-hydrogen) atoms. The lowest BCUT2D eigenvalue weighted by Gasteiger charge is -2.41. The average Bonchev–Trinajstić information content (AvgIpc) is 2.51. The minimum Gasteiger partial charge on any atom is -0.497 e. The molecule has 0 aliphatic heterocycles. The monoisotopic (exact) mass is 287 g/mol. The molecule has 1 aromatic rings. The second kappa shape index (κ2) is 6.83. The summed E-state index contributed by atoms with van der Waals surface area (Å²) in [4.78, 5) is 0. The van der Waals surface area contributed by atoms with Crippen LogP contribution >= 0.6 is 0 Å². The van der Waals surface area contributed by atoms with Crippen LogP contribution in [0.1, 0.15) is 63.4 Å². The third-order valence-corrected chi connectivity index (χ3v) is 5.56. The van der Waals surface area contributed by atoms with E-state index in [4.69, 9.17) is 4.74 Å². The molecule has 2 unspecified atom stereocenters. The molecule has 2 aliphatic rings. The van der Waals surface area contributed by atoms with Gasteiger partial charge in [0.15, 0.2) is 0 Å². The first kappa shape index (κ1) is 14.9. The van der Waals surface area contributed by atoms with Gasteiger partial charge in [-0.05, 0) is 55.2 Å². The first-order valence-electron chi connectivity index (χ1n) is 8.68. The lowest BCUT2D eigenvalue weighted by Crippen LogP contribution is -2.47. The van der Waals surface area contributed by atoms with Gasteiger partial charge in [0.2, 0.25) is 0 Å². The van der Waals surface area contributed by atoms with Gasteiger partial charge in [0.05, 0.1) is 7.11 Å². The number of rotatable bonds is 5. The Kier molecular flexibility index (Phi) is 4.84. The molecule has 0 bridgehead atoms. The summed E-state index contributed by atoms with van der Waals surface area (Å²) in [7, 11) is 1.73. The molecule has 0 radical (unpaired) electrons. The van der Waals surface area contributed by atoms with E-state index in [-0.39, 0.29) is 0 Å². The van der Waals surface area contributed by atoms with Gasteiger partial charge < -0.3 is 10.1 Å². The predicted molar refractivity (Wildman–Crippen MR) is 87.9 cm³/mol. The molecule has 3 rings (SSSR count). The third-order valence-electron chi connectivity index (χ3n) is 5.56. The van der Waals surface area contributed by atoms with Crippen LogP contribution in [-0.4, -0.2) is 19.2 Å². The van der Waals surface area contributed by atoms with Crippen LogP contribution in [0.2, 0.25) is 0 Å². The van der Waals surface area contributed by atoms with Gasteiger partial charge in [0.25, 0.3) is 0 Å². The Balaban J connectivity index is 1.44. The number of hydrogen-bond acceptors (Lipinski definition) is 2. The molecule has 0 saturated heterocycles. The quantitative estimate of drug-likeness (QED) is 0.861. The molecule has 116 valence electrons. The highest BCUT2D eigenvalue weighted by atomic mass is 16.5. The van der Waals surface area contributed by atoms with Gasteiger partial charge in [0.1, 0.15) is 5.75 Å². The van der Waals surface area contributed by atoms with E-state index in [1.807, 2.05) is 0 Å². The highest BCUT2D eigenvalue weighted by molar-refractivity contribution is 5.30. The lowest BCUT2D eigenvalue weighted by atomic mass is 9.74. The van der Waals surface area contributed by atoms with Crippen molar-refractivity contribution in [2.24, 2.45) is 5.92 Å². The van der Waals surface area contributed by atoms with E-state index in [1.165, 1.54) is 50.5 Å². The smallest absolute Gasteiger partial charge is 0.118 e. The summed E-state index contributed by atoms with van der Waals surface area (Å²) in [5.41, 5.74) is 1.48. The van der Waals surface area contributed by atoms with Crippen molar-refractivity contribution in [3.8, 4) is 5.75 Å². The highest BCUT2D eigenvalue weighted by Crippen LogP contribution is 2.38. The third kappa shape index (κ3) is 3.60. The molecule has 0 heterocycles. The lowest BCUT2D eigenvalue weighted by molar-refractivity contribution is 0.209. The fourth-order valence-electron chi connectivity index (χ4n) is 4.05. The van der Waals surface area contributed by atoms with Crippen LogP contribution in [0.3, 0.4) is 0 Å². The summed E-state index contributed by atoms with van der Waals surface area (Å²) in [6, 6.07) is 10.2. The zero-order chi connectivity index (χ0) is 14.7. The van der Waals surface area contributed by atoms with E-state index in [0.717, 1.165) is 29.7 Å². The van der Waals surface area contributed by atoms with Crippen LogP contribution in [0.4, 0.5) is 0 Å². The minimum atomic E-state index is 0.748. The van der Waals surface area contributed by atoms with Crippen molar-refractivity contribution in [2.45, 2.75) is 69.9 Å². The second-order valence-corrected chi connectivity index (χ2v) is 6.94. The molecule has 0 amide bonds. The van der Waals surface area contributed by atoms with E-state index >= 15 is 0 Å². The maximum atomic E-state index is 5.23. The second-order valence-electron chi connectivity index (χ2n) is 6.94. The van der Waals surface area contributed by atoms with E-state index in [9.17, 15) is 0 Å². The number of methoxy groups -OCH3 is 1. The normalized spacial score (nSPS) is 32.5. The van der Waals surface area contributed by atoms with Crippen LogP contribution in [-0.2, 0) is 0 Å². The van der Waals surface area contributed by atoms with Crippen LogP contribution in [0.5, 0.6) is 5.75 Å². The van der Waals surface area contributed by atoms with Crippen molar-refractivity contribution < 1.29 is 4.74 Å². The summed E-state index contributed by atoms with van der Waals surface area (Å²) in [6.45, 7) is 2.34. The molecule has 2 saturated carbocycles. The van der Waals surface area contributed by atoms with Crippen molar-refractivity contribution in [1.29, 1.82) is 0 Å². The highest BCUT2D eigenvalue weighted by Gasteiger charge is 2.32. The fraction of sp³-hybridized carbons (Fsp3) is 0.684. The van der Waals surface area contributed by atoms with E-state index < -0.39 is 0 Å². The topological polar surface area (TPSA) is 21.3 Å². The van der Waals surface area contributed by atoms with Gasteiger partial charge in [-0.3, -0.25) is 0 Å². The minimum absolute atomic E-state index is 0.748. The van der Waals surface area contributed by atoms with Gasteiger partial charge in [-0.1, -0.05) is 38.3 Å². The first-order chi connectivity index (χ1) is 10.3.